The van der Waals surface area contributed by atoms with Crippen molar-refractivity contribution in [2.75, 3.05) is 71.9 Å². The van der Waals surface area contributed by atoms with Gasteiger partial charge in [0.15, 0.2) is 36.5 Å². The first-order valence-corrected chi connectivity index (χ1v) is 22.7. The van der Waals surface area contributed by atoms with E-state index in [4.69, 9.17) is 26.8 Å². The Morgan fingerprint density at radius 3 is 1.82 bits per heavy atom. The Balaban J connectivity index is 0.000000148. The van der Waals surface area contributed by atoms with Gasteiger partial charge in [-0.15, -0.1) is 0 Å². The molecule has 0 radical (unpaired) electrons. The van der Waals surface area contributed by atoms with Crippen LogP contribution in [0.1, 0.15) is 79.1 Å². The molecule has 0 spiro atoms. The Hall–Kier alpha value is -5.59. The average molecular weight is 918 g/mol. The summed E-state index contributed by atoms with van der Waals surface area (Å²) in [6, 6.07) is 12.2. The third-order valence-electron chi connectivity index (χ3n) is 13.4. The first-order chi connectivity index (χ1) is 30.9. The molecule has 10 rings (SSSR count). The monoisotopic (exact) mass is 916 g/mol. The van der Waals surface area contributed by atoms with Gasteiger partial charge in [0.05, 0.1) is 23.8 Å². The van der Waals surface area contributed by atoms with Gasteiger partial charge in [-0.05, 0) is 140 Å². The summed E-state index contributed by atoms with van der Waals surface area (Å²) in [5.74, 6) is 0.982. The van der Waals surface area contributed by atoms with Crippen molar-refractivity contribution in [3.63, 3.8) is 0 Å². The largest absolute Gasteiger partial charge is 0.482 e. The number of carbonyl (C=O) groups is 2. The fourth-order valence-corrected chi connectivity index (χ4v) is 10.5. The minimum absolute atomic E-state index is 0.0307. The van der Waals surface area contributed by atoms with Crippen molar-refractivity contribution in [3.05, 3.63) is 65.7 Å². The maximum absolute atomic E-state index is 14.6. The number of nitrogens with zero attached hydrogens (tertiary/aromatic N) is 8. The zero-order valence-electron chi connectivity index (χ0n) is 37.8. The molecule has 5 N–H and O–H groups in total. The molecule has 0 saturated carbocycles. The molecule has 6 aliphatic rings. The molecule has 0 unspecified atom stereocenters. The van der Waals surface area contributed by atoms with Gasteiger partial charge >= 0.3 is 0 Å². The van der Waals surface area contributed by atoms with Crippen LogP contribution < -0.4 is 41.0 Å². The van der Waals surface area contributed by atoms with E-state index in [0.717, 1.165) is 44.1 Å². The number of anilines is 7. The Labute approximate surface area is 383 Å². The van der Waals surface area contributed by atoms with Crippen molar-refractivity contribution in [3.8, 4) is 11.5 Å². The van der Waals surface area contributed by atoms with Gasteiger partial charge in [-0.3, -0.25) is 19.4 Å². The van der Waals surface area contributed by atoms with Crippen LogP contribution in [0, 0.1) is 11.6 Å². The highest BCUT2D eigenvalue weighted by atomic mass is 35.5. The second-order valence-electron chi connectivity index (χ2n) is 18.9. The van der Waals surface area contributed by atoms with Crippen LogP contribution in [0.2, 0.25) is 5.28 Å². The molecular formula is C46H59ClF2N12O4. The Morgan fingerprint density at radius 1 is 0.738 bits per heavy atom. The van der Waals surface area contributed by atoms with Crippen molar-refractivity contribution < 1.29 is 27.8 Å². The number of hydrogen-bond acceptors (Lipinski definition) is 14. The van der Waals surface area contributed by atoms with Crippen LogP contribution in [0.25, 0.3) is 0 Å². The number of rotatable bonds is 6. The number of likely N-dealkylation sites (N-methyl/N-ethyl adjacent to an activating group) is 2. The molecule has 4 fully saturated rings. The average Bonchev–Trinajstić information content (AvgIpc) is 3.95. The molecule has 6 aliphatic heterocycles. The molecular weight excluding hydrogens is 858 g/mol. The number of piperidine rings is 2. The van der Waals surface area contributed by atoms with Crippen molar-refractivity contribution in [1.82, 2.24) is 29.7 Å². The van der Waals surface area contributed by atoms with E-state index < -0.39 is 11.6 Å². The van der Waals surface area contributed by atoms with E-state index in [0.29, 0.717) is 40.6 Å². The van der Waals surface area contributed by atoms with Crippen LogP contribution in [0.5, 0.6) is 11.5 Å². The van der Waals surface area contributed by atoms with E-state index in [1.807, 2.05) is 6.07 Å². The summed E-state index contributed by atoms with van der Waals surface area (Å²) in [5, 5.41) is 9.75. The van der Waals surface area contributed by atoms with Gasteiger partial charge in [-0.2, -0.15) is 9.97 Å². The Kier molecular flexibility index (Phi) is 13.2. The maximum Gasteiger partial charge on any atom is 0.264 e. The van der Waals surface area contributed by atoms with Crippen LogP contribution in [0.15, 0.2) is 48.8 Å². The summed E-state index contributed by atoms with van der Waals surface area (Å²) < 4.78 is 39.0. The number of fused-ring (bicyclic) bond motifs is 4. The smallest absolute Gasteiger partial charge is 0.264 e. The lowest BCUT2D eigenvalue weighted by Gasteiger charge is -2.47. The second kappa shape index (κ2) is 18.7. The van der Waals surface area contributed by atoms with Crippen LogP contribution in [-0.2, 0) is 9.59 Å². The predicted octanol–water partition coefficient (Wildman–Crippen LogP) is 7.24. The Bertz CT molecular complexity index is 2410. The summed E-state index contributed by atoms with van der Waals surface area (Å²) in [4.78, 5) is 47.5. The summed E-state index contributed by atoms with van der Waals surface area (Å²) in [6.07, 6.45) is 11.1. The minimum Gasteiger partial charge on any atom is -0.482 e. The molecule has 4 atom stereocenters. The van der Waals surface area contributed by atoms with E-state index in [2.05, 4.69) is 73.4 Å². The van der Waals surface area contributed by atoms with Crippen molar-refractivity contribution >= 4 is 63.7 Å². The number of carbonyl (C=O) groups excluding carboxylic acids is 2. The summed E-state index contributed by atoms with van der Waals surface area (Å²) in [6.45, 7) is 11.5. The molecule has 2 amide bonds. The number of hydrogen-bond donors (Lipinski definition) is 4. The van der Waals surface area contributed by atoms with Gasteiger partial charge in [0.2, 0.25) is 11.2 Å². The van der Waals surface area contributed by atoms with Gasteiger partial charge < -0.3 is 41.0 Å². The quantitative estimate of drug-likeness (QED) is 0.112. The molecule has 2 aromatic heterocycles. The number of benzene rings is 2. The standard InChI is InChI=1S/C23H29FN6O2.C14H20ClFN4.C9H10N2O2/c1-23(2)11-15(9-16-5-4-8-30(16)23)26-21-17(24)12-25-22(28-21)27-14-6-7-19-18(10-14)29(3)20(31)13-32-19;1-14(2)7-9(6-10-4-3-5-20(10)14)18-12-11(16)8-17-13(15)19-12;1-11-7-4-6(10)2-3-8(7)13-5-9(11)12/h6-7,10,12,15-16H,4-5,8-9,11,13H2,1-3H3,(H2,25,26,27,28);8-10H,3-7H2,1-2H3,(H,17,18,19);2-4H,5,10H2,1H3/t15-,16+;9-,10+;/m11./s1. The molecule has 0 bridgehead atoms. The first kappa shape index (κ1) is 46.0. The van der Waals surface area contributed by atoms with Gasteiger partial charge in [0.25, 0.3) is 11.8 Å². The summed E-state index contributed by atoms with van der Waals surface area (Å²) in [7, 11) is 3.42. The van der Waals surface area contributed by atoms with Gasteiger partial charge in [0, 0.05) is 60.7 Å². The summed E-state index contributed by atoms with van der Waals surface area (Å²) in [5.41, 5.74) is 8.53. The number of amides is 2. The van der Waals surface area contributed by atoms with E-state index in [9.17, 15) is 18.4 Å². The summed E-state index contributed by atoms with van der Waals surface area (Å²) >= 11 is 5.74. The van der Waals surface area contributed by atoms with Crippen LogP contribution in [0.4, 0.5) is 49.1 Å². The fraction of sp³-hybridized carbons (Fsp3) is 0.522. The number of ether oxygens (including phenoxy) is 2. The van der Waals surface area contributed by atoms with E-state index in [-0.39, 0.29) is 71.1 Å². The maximum atomic E-state index is 14.6. The molecule has 2 aromatic carbocycles. The normalized spacial score (nSPS) is 24.1. The van der Waals surface area contributed by atoms with E-state index in [1.165, 1.54) is 38.4 Å². The SMILES string of the molecule is CC1(C)C[C@H](Nc2nc(Cl)ncc2F)C[C@@H]2CCCN21.CN1C(=O)COc2ccc(N)cc21.CN1C(=O)COc2ccc(Nc3ncc(F)c(N[C@@H]4C[C@@H]5CCCN5C(C)(C)C4)n3)cc21. The molecule has 348 valence electrons. The minimum atomic E-state index is -0.466. The molecule has 19 heteroatoms. The predicted molar refractivity (Wildman–Crippen MR) is 248 cm³/mol. The highest BCUT2D eigenvalue weighted by Crippen LogP contribution is 2.41. The number of halogens is 3. The lowest BCUT2D eigenvalue weighted by molar-refractivity contribution is -0.121. The number of nitrogens with one attached hydrogen (secondary N) is 3. The third kappa shape index (κ3) is 10.3. The Morgan fingerprint density at radius 2 is 1.25 bits per heavy atom. The fourth-order valence-electron chi connectivity index (χ4n) is 10.4. The van der Waals surface area contributed by atoms with Gasteiger partial charge in [-0.25, -0.2) is 18.7 Å². The lowest BCUT2D eigenvalue weighted by atomic mass is 9.84. The molecule has 4 aromatic rings. The van der Waals surface area contributed by atoms with Gasteiger partial charge in [-0.1, -0.05) is 0 Å². The number of aromatic nitrogens is 4. The van der Waals surface area contributed by atoms with Gasteiger partial charge in [0.1, 0.15) is 11.5 Å². The number of nitrogen functional groups attached to an aromatic ring is 1. The van der Waals surface area contributed by atoms with Crippen molar-refractivity contribution in [2.45, 2.75) is 114 Å². The molecule has 8 heterocycles. The van der Waals surface area contributed by atoms with E-state index >= 15 is 0 Å². The highest BCUT2D eigenvalue weighted by molar-refractivity contribution is 6.28. The zero-order valence-corrected chi connectivity index (χ0v) is 38.6. The molecule has 16 nitrogen and oxygen atoms in total. The molecule has 0 aliphatic carbocycles. The third-order valence-corrected chi connectivity index (χ3v) is 13.6. The highest BCUT2D eigenvalue weighted by Gasteiger charge is 2.44. The zero-order chi connectivity index (χ0) is 46.2. The first-order valence-electron chi connectivity index (χ1n) is 22.3. The molecule has 4 saturated heterocycles. The van der Waals surface area contributed by atoms with Crippen LogP contribution in [-0.4, -0.2) is 117 Å². The number of nitrogens with two attached hydrogens (primary N) is 1. The van der Waals surface area contributed by atoms with Crippen LogP contribution in [0.3, 0.4) is 0 Å². The topological polar surface area (TPSA) is 179 Å². The van der Waals surface area contributed by atoms with Crippen LogP contribution >= 0.6 is 11.6 Å². The second-order valence-corrected chi connectivity index (χ2v) is 19.2. The lowest BCUT2D eigenvalue weighted by Crippen LogP contribution is -2.55. The molecule has 65 heavy (non-hydrogen) atoms. The van der Waals surface area contributed by atoms with Crippen molar-refractivity contribution in [2.24, 2.45) is 0 Å². The van der Waals surface area contributed by atoms with E-state index in [1.54, 1.807) is 54.2 Å². The van der Waals surface area contributed by atoms with Crippen molar-refractivity contribution in [1.29, 1.82) is 0 Å².